The number of rotatable bonds is 0. The SMILES string of the molecule is CB(O)O.CB(O)O.CB1OC(C)(C)C(C)(C)O1.CB1OC(C)(C)C(C)(C)O1. The summed E-state index contributed by atoms with van der Waals surface area (Å²) in [4.78, 5) is 0. The van der Waals surface area contributed by atoms with Crippen LogP contribution in [0.5, 0.6) is 0 Å². The number of hydrogen-bond donors (Lipinski definition) is 4. The van der Waals surface area contributed by atoms with E-state index in [1.165, 1.54) is 13.6 Å². The average Bonchev–Trinajstić information content (AvgIpc) is 2.63. The zero-order valence-corrected chi connectivity index (χ0v) is 19.7. The van der Waals surface area contributed by atoms with E-state index in [9.17, 15) is 0 Å². The van der Waals surface area contributed by atoms with Gasteiger partial charge in [-0.2, -0.15) is 0 Å². The van der Waals surface area contributed by atoms with Gasteiger partial charge in [0.2, 0.25) is 0 Å². The summed E-state index contributed by atoms with van der Waals surface area (Å²) in [7, 11) is -2.46. The molecule has 4 N–H and O–H groups in total. The molecule has 0 aromatic heterocycles. The Morgan fingerprint density at radius 3 is 0.643 bits per heavy atom. The molecule has 0 amide bonds. The summed E-state index contributed by atoms with van der Waals surface area (Å²) in [6.07, 6.45) is 0. The third-order valence-electron chi connectivity index (χ3n) is 4.74. The van der Waals surface area contributed by atoms with Gasteiger partial charge in [-0.3, -0.25) is 0 Å². The molecule has 0 aromatic carbocycles. The van der Waals surface area contributed by atoms with Crippen molar-refractivity contribution in [2.45, 2.75) is 105 Å². The maximum absolute atomic E-state index is 7.61. The third-order valence-corrected chi connectivity index (χ3v) is 4.74. The standard InChI is InChI=1S/2C7H15BO2.2CH5BO2/c2*1-6(2)7(3,4)10-8(5)9-6;2*1-2(3)4/h2*1-5H3;2*3-4H,1H3. The molecule has 2 aliphatic rings. The predicted molar refractivity (Wildman–Crippen MR) is 116 cm³/mol. The fourth-order valence-corrected chi connectivity index (χ4v) is 2.28. The van der Waals surface area contributed by atoms with Crippen LogP contribution in [-0.4, -0.2) is 71.0 Å². The highest BCUT2D eigenvalue weighted by atomic mass is 16.7. The van der Waals surface area contributed by atoms with Crippen LogP contribution in [0.2, 0.25) is 27.3 Å². The van der Waals surface area contributed by atoms with E-state index in [4.69, 9.17) is 38.7 Å². The second-order valence-corrected chi connectivity index (χ2v) is 8.91. The summed E-state index contributed by atoms with van der Waals surface area (Å²) in [6.45, 7) is 22.8. The Morgan fingerprint density at radius 2 is 0.607 bits per heavy atom. The van der Waals surface area contributed by atoms with Crippen molar-refractivity contribution in [3.05, 3.63) is 0 Å². The largest absolute Gasteiger partial charge is 0.454 e. The summed E-state index contributed by atoms with van der Waals surface area (Å²) in [5, 5.41) is 30.4. The van der Waals surface area contributed by atoms with Crippen LogP contribution in [0.3, 0.4) is 0 Å². The van der Waals surface area contributed by atoms with Crippen LogP contribution in [0.1, 0.15) is 55.4 Å². The van der Waals surface area contributed by atoms with E-state index in [1.54, 1.807) is 0 Å². The molecule has 2 aliphatic heterocycles. The smallest absolute Gasteiger partial charge is 0.427 e. The minimum absolute atomic E-state index is 0.0648. The van der Waals surface area contributed by atoms with Gasteiger partial charge in [-0.25, -0.2) is 0 Å². The zero-order valence-electron chi connectivity index (χ0n) is 19.7. The average molecular weight is 404 g/mol. The molecule has 2 rings (SSSR count). The molecule has 2 heterocycles. The van der Waals surface area contributed by atoms with Gasteiger partial charge in [-0.05, 0) is 82.7 Å². The highest BCUT2D eigenvalue weighted by Crippen LogP contribution is 2.37. The second kappa shape index (κ2) is 11.4. The maximum Gasteiger partial charge on any atom is 0.454 e. The van der Waals surface area contributed by atoms with Crippen LogP contribution in [-0.2, 0) is 18.6 Å². The maximum atomic E-state index is 7.61. The molecule has 0 aliphatic carbocycles. The Bertz CT molecular complexity index is 367. The summed E-state index contributed by atoms with van der Waals surface area (Å²) < 4.78 is 22.2. The van der Waals surface area contributed by atoms with Crippen LogP contribution in [0, 0.1) is 0 Å². The highest BCUT2D eigenvalue weighted by molar-refractivity contribution is 6.44. The monoisotopic (exact) mass is 404 g/mol. The molecule has 164 valence electrons. The Balaban J connectivity index is 0. The molecule has 2 fully saturated rings. The van der Waals surface area contributed by atoms with Gasteiger partial charge in [0, 0.05) is 0 Å². The molecule has 0 saturated carbocycles. The molecule has 2 saturated heterocycles. The highest BCUT2D eigenvalue weighted by Gasteiger charge is 2.49. The summed E-state index contributed by atoms with van der Waals surface area (Å²) in [5.41, 5.74) is -0.641. The lowest BCUT2D eigenvalue weighted by Gasteiger charge is -2.32. The topological polar surface area (TPSA) is 118 Å². The number of hydrogen-bond acceptors (Lipinski definition) is 8. The zero-order chi connectivity index (χ0) is 23.1. The quantitative estimate of drug-likeness (QED) is 0.450. The summed E-state index contributed by atoms with van der Waals surface area (Å²) in [5.74, 6) is 0. The van der Waals surface area contributed by atoms with Gasteiger partial charge in [0.1, 0.15) is 0 Å². The Morgan fingerprint density at radius 1 is 0.500 bits per heavy atom. The normalized spacial score (nSPS) is 22.7. The first-order chi connectivity index (χ1) is 12.2. The van der Waals surface area contributed by atoms with E-state index in [0.29, 0.717) is 0 Å². The first-order valence-electron chi connectivity index (χ1n) is 9.60. The molecule has 0 bridgehead atoms. The van der Waals surface area contributed by atoms with E-state index in [2.05, 4.69) is 55.4 Å². The summed E-state index contributed by atoms with van der Waals surface area (Å²) >= 11 is 0. The molecule has 0 unspecified atom stereocenters. The molecular weight excluding hydrogens is 363 g/mol. The van der Waals surface area contributed by atoms with E-state index in [-0.39, 0.29) is 36.6 Å². The molecule has 0 atom stereocenters. The van der Waals surface area contributed by atoms with Gasteiger partial charge in [0.05, 0.1) is 22.4 Å². The first kappa shape index (κ1) is 30.1. The van der Waals surface area contributed by atoms with E-state index < -0.39 is 14.2 Å². The van der Waals surface area contributed by atoms with Gasteiger partial charge in [-0.1, -0.05) is 0 Å². The van der Waals surface area contributed by atoms with Crippen molar-refractivity contribution in [1.29, 1.82) is 0 Å². The predicted octanol–water partition coefficient (Wildman–Crippen LogP) is 1.59. The van der Waals surface area contributed by atoms with Crippen molar-refractivity contribution >= 4 is 28.5 Å². The van der Waals surface area contributed by atoms with Crippen molar-refractivity contribution in [2.24, 2.45) is 0 Å². The van der Waals surface area contributed by atoms with E-state index in [1.807, 2.05) is 13.6 Å². The van der Waals surface area contributed by atoms with Crippen molar-refractivity contribution in [2.75, 3.05) is 0 Å². The van der Waals surface area contributed by atoms with E-state index in [0.717, 1.165) is 0 Å². The molecule has 8 nitrogen and oxygen atoms in total. The Kier molecular flexibility index (Phi) is 12.2. The molecule has 0 radical (unpaired) electrons. The van der Waals surface area contributed by atoms with Crippen molar-refractivity contribution in [3.63, 3.8) is 0 Å². The molecule has 12 heteroatoms. The van der Waals surface area contributed by atoms with Crippen LogP contribution in [0.4, 0.5) is 0 Å². The van der Waals surface area contributed by atoms with Crippen molar-refractivity contribution in [1.82, 2.24) is 0 Å². The summed E-state index contributed by atoms with van der Waals surface area (Å²) in [6, 6.07) is 0. The second-order valence-electron chi connectivity index (χ2n) is 8.91. The van der Waals surface area contributed by atoms with Gasteiger partial charge >= 0.3 is 28.5 Å². The molecule has 0 spiro atoms. The lowest BCUT2D eigenvalue weighted by Crippen LogP contribution is -2.41. The fraction of sp³-hybridized carbons (Fsp3) is 1.00. The van der Waals surface area contributed by atoms with Gasteiger partial charge in [-0.15, -0.1) is 0 Å². The van der Waals surface area contributed by atoms with Crippen LogP contribution >= 0.6 is 0 Å². The minimum atomic E-state index is -1.17. The van der Waals surface area contributed by atoms with Crippen molar-refractivity contribution in [3.8, 4) is 0 Å². The van der Waals surface area contributed by atoms with Crippen LogP contribution in [0.25, 0.3) is 0 Å². The van der Waals surface area contributed by atoms with Crippen LogP contribution in [0.15, 0.2) is 0 Å². The van der Waals surface area contributed by atoms with Gasteiger partial charge < -0.3 is 38.7 Å². The molecule has 28 heavy (non-hydrogen) atoms. The molecule has 0 aromatic rings. The lowest BCUT2D eigenvalue weighted by atomic mass is 9.90. The van der Waals surface area contributed by atoms with Gasteiger partial charge in [0.15, 0.2) is 0 Å². The van der Waals surface area contributed by atoms with Crippen molar-refractivity contribution < 1.29 is 38.7 Å². The van der Waals surface area contributed by atoms with E-state index >= 15 is 0 Å². The van der Waals surface area contributed by atoms with Gasteiger partial charge in [0.25, 0.3) is 0 Å². The Labute approximate surface area is 172 Å². The Hall–Kier alpha value is -0.0603. The third kappa shape index (κ3) is 11.2. The lowest BCUT2D eigenvalue weighted by molar-refractivity contribution is 0.00578. The molecular formula is C16H40B4O8. The minimum Gasteiger partial charge on any atom is -0.427 e. The first-order valence-corrected chi connectivity index (χ1v) is 9.60. The van der Waals surface area contributed by atoms with Crippen LogP contribution < -0.4 is 0 Å². The fourth-order valence-electron chi connectivity index (χ4n) is 2.28.